The molecule has 0 heterocycles. The highest BCUT2D eigenvalue weighted by molar-refractivity contribution is 5.23. The molecule has 3 heteroatoms. The summed E-state index contributed by atoms with van der Waals surface area (Å²) in [5.41, 5.74) is 1.56. The second-order valence-corrected chi connectivity index (χ2v) is 5.05. The Balaban J connectivity index is 2.52. The van der Waals surface area contributed by atoms with E-state index in [1.807, 2.05) is 6.07 Å². The number of rotatable bonds is 7. The average Bonchev–Trinajstić information content (AvgIpc) is 2.39. The molecule has 18 heavy (non-hydrogen) atoms. The van der Waals surface area contributed by atoms with Gasteiger partial charge in [0.1, 0.15) is 5.82 Å². The lowest BCUT2D eigenvalue weighted by molar-refractivity contribution is 0.113. The predicted molar refractivity (Wildman–Crippen MR) is 72.9 cm³/mol. The molecule has 1 aromatic rings. The lowest BCUT2D eigenvalue weighted by Gasteiger charge is -2.29. The molecule has 1 aromatic carbocycles. The van der Waals surface area contributed by atoms with Crippen LogP contribution in [0.2, 0.25) is 0 Å². The topological polar surface area (TPSA) is 32.3 Å². The van der Waals surface area contributed by atoms with Gasteiger partial charge in [0, 0.05) is 25.1 Å². The minimum atomic E-state index is -0.159. The summed E-state index contributed by atoms with van der Waals surface area (Å²) in [5, 5.41) is 12.8. The van der Waals surface area contributed by atoms with E-state index in [0.29, 0.717) is 12.1 Å². The lowest BCUT2D eigenvalue weighted by atomic mass is 9.83. The van der Waals surface area contributed by atoms with E-state index in [0.717, 1.165) is 24.9 Å². The first kappa shape index (κ1) is 15.1. The molecule has 102 valence electrons. The van der Waals surface area contributed by atoms with Gasteiger partial charge in [-0.3, -0.25) is 0 Å². The molecule has 0 fully saturated rings. The first-order valence-electron chi connectivity index (χ1n) is 6.63. The smallest absolute Gasteiger partial charge is 0.126 e. The van der Waals surface area contributed by atoms with Crippen molar-refractivity contribution < 1.29 is 9.50 Å². The second kappa shape index (κ2) is 6.86. The fraction of sp³-hybridized carbons (Fsp3) is 0.600. The van der Waals surface area contributed by atoms with Crippen LogP contribution in [0.4, 0.5) is 4.39 Å². The van der Waals surface area contributed by atoms with Crippen LogP contribution in [-0.2, 0) is 6.54 Å². The van der Waals surface area contributed by atoms with Crippen LogP contribution in [0.3, 0.4) is 0 Å². The summed E-state index contributed by atoms with van der Waals surface area (Å²) in [4.78, 5) is 0. The number of aliphatic hydroxyl groups excluding tert-OH is 1. The Labute approximate surface area is 109 Å². The van der Waals surface area contributed by atoms with Crippen molar-refractivity contribution in [2.24, 2.45) is 5.41 Å². The van der Waals surface area contributed by atoms with E-state index >= 15 is 0 Å². The minimum absolute atomic E-state index is 0.0523. The maximum atomic E-state index is 13.4. The molecule has 0 aromatic heterocycles. The molecular formula is C15H24FNO. The summed E-state index contributed by atoms with van der Waals surface area (Å²) in [6, 6.07) is 5.30. The monoisotopic (exact) mass is 253 g/mol. The normalized spacial score (nSPS) is 11.8. The molecule has 0 atom stereocenters. The lowest BCUT2D eigenvalue weighted by Crippen LogP contribution is -2.36. The molecule has 1 rings (SSSR count). The molecule has 0 aliphatic rings. The van der Waals surface area contributed by atoms with E-state index in [9.17, 15) is 9.50 Å². The average molecular weight is 253 g/mol. The molecule has 0 radical (unpaired) electrons. The number of benzene rings is 1. The Bertz CT molecular complexity index is 366. The molecule has 2 N–H and O–H groups in total. The predicted octanol–water partition coefficient (Wildman–Crippen LogP) is 3.02. The molecule has 2 nitrogen and oxygen atoms in total. The van der Waals surface area contributed by atoms with Crippen LogP contribution < -0.4 is 5.32 Å². The molecule has 0 saturated carbocycles. The quantitative estimate of drug-likeness (QED) is 0.783. The van der Waals surface area contributed by atoms with E-state index in [2.05, 4.69) is 19.2 Å². The van der Waals surface area contributed by atoms with Gasteiger partial charge in [0.2, 0.25) is 0 Å². The van der Waals surface area contributed by atoms with Crippen molar-refractivity contribution in [1.29, 1.82) is 0 Å². The van der Waals surface area contributed by atoms with E-state index in [4.69, 9.17) is 0 Å². The van der Waals surface area contributed by atoms with Crippen molar-refractivity contribution in [2.75, 3.05) is 13.2 Å². The Morgan fingerprint density at radius 2 is 1.94 bits per heavy atom. The number of halogens is 1. The number of hydrogen-bond donors (Lipinski definition) is 2. The van der Waals surface area contributed by atoms with Gasteiger partial charge in [-0.1, -0.05) is 26.0 Å². The summed E-state index contributed by atoms with van der Waals surface area (Å²) in [6.45, 7) is 7.53. The molecule has 0 aliphatic carbocycles. The van der Waals surface area contributed by atoms with Crippen LogP contribution in [0, 0.1) is 18.2 Å². The molecule has 0 amide bonds. The van der Waals surface area contributed by atoms with Gasteiger partial charge >= 0.3 is 0 Å². The third kappa shape index (κ3) is 3.79. The fourth-order valence-corrected chi connectivity index (χ4v) is 2.00. The Morgan fingerprint density at radius 3 is 2.44 bits per heavy atom. The van der Waals surface area contributed by atoms with Gasteiger partial charge in [-0.25, -0.2) is 4.39 Å². The number of aryl methyl sites for hydroxylation is 1. The molecule has 0 bridgehead atoms. The number of hydrogen-bond acceptors (Lipinski definition) is 2. The zero-order valence-electron chi connectivity index (χ0n) is 11.6. The molecule has 0 spiro atoms. The van der Waals surface area contributed by atoms with Crippen molar-refractivity contribution in [3.63, 3.8) is 0 Å². The largest absolute Gasteiger partial charge is 0.396 e. The highest BCUT2D eigenvalue weighted by Crippen LogP contribution is 2.24. The molecular weight excluding hydrogens is 229 g/mol. The molecule has 0 unspecified atom stereocenters. The zero-order chi connectivity index (χ0) is 13.6. The highest BCUT2D eigenvalue weighted by Gasteiger charge is 2.24. The van der Waals surface area contributed by atoms with E-state index in [1.54, 1.807) is 19.1 Å². The fourth-order valence-electron chi connectivity index (χ4n) is 2.00. The summed E-state index contributed by atoms with van der Waals surface area (Å²) in [5.74, 6) is -0.159. The van der Waals surface area contributed by atoms with E-state index in [-0.39, 0.29) is 17.8 Å². The van der Waals surface area contributed by atoms with Crippen LogP contribution >= 0.6 is 0 Å². The first-order valence-corrected chi connectivity index (χ1v) is 6.63. The van der Waals surface area contributed by atoms with E-state index in [1.165, 1.54) is 0 Å². The SMILES string of the molecule is CCC(CC)(CO)CNCc1ccc(C)c(F)c1. The first-order chi connectivity index (χ1) is 8.56. The van der Waals surface area contributed by atoms with Gasteiger partial charge in [-0.15, -0.1) is 0 Å². The van der Waals surface area contributed by atoms with Crippen molar-refractivity contribution in [3.05, 3.63) is 35.1 Å². The maximum absolute atomic E-state index is 13.4. The maximum Gasteiger partial charge on any atom is 0.126 e. The Kier molecular flexibility index (Phi) is 5.76. The number of nitrogens with one attached hydrogen (secondary N) is 1. The summed E-state index contributed by atoms with van der Waals surface area (Å²) < 4.78 is 13.4. The van der Waals surface area contributed by atoms with Gasteiger partial charge in [0.05, 0.1) is 0 Å². The summed E-state index contributed by atoms with van der Waals surface area (Å²) >= 11 is 0. The van der Waals surface area contributed by atoms with Gasteiger partial charge in [-0.05, 0) is 37.0 Å². The van der Waals surface area contributed by atoms with Crippen molar-refractivity contribution in [1.82, 2.24) is 5.32 Å². The minimum Gasteiger partial charge on any atom is -0.396 e. The number of aliphatic hydroxyl groups is 1. The van der Waals surface area contributed by atoms with Gasteiger partial charge < -0.3 is 10.4 Å². The van der Waals surface area contributed by atoms with Gasteiger partial charge in [0.25, 0.3) is 0 Å². The van der Waals surface area contributed by atoms with Crippen molar-refractivity contribution >= 4 is 0 Å². The Morgan fingerprint density at radius 1 is 1.28 bits per heavy atom. The third-order valence-electron chi connectivity index (χ3n) is 3.90. The highest BCUT2D eigenvalue weighted by atomic mass is 19.1. The molecule has 0 saturated heterocycles. The Hall–Kier alpha value is -0.930. The van der Waals surface area contributed by atoms with Crippen LogP contribution in [0.15, 0.2) is 18.2 Å². The van der Waals surface area contributed by atoms with Crippen LogP contribution in [-0.4, -0.2) is 18.3 Å². The summed E-state index contributed by atoms with van der Waals surface area (Å²) in [6.07, 6.45) is 1.88. The third-order valence-corrected chi connectivity index (χ3v) is 3.90. The molecule has 0 aliphatic heterocycles. The van der Waals surface area contributed by atoms with Gasteiger partial charge in [0.15, 0.2) is 0 Å². The zero-order valence-corrected chi connectivity index (χ0v) is 11.6. The van der Waals surface area contributed by atoms with Crippen LogP contribution in [0.5, 0.6) is 0 Å². The summed E-state index contributed by atoms with van der Waals surface area (Å²) in [7, 11) is 0. The van der Waals surface area contributed by atoms with Crippen molar-refractivity contribution in [3.8, 4) is 0 Å². The standard InChI is InChI=1S/C15H24FNO/c1-4-15(5-2,11-18)10-17-9-13-7-6-12(3)14(16)8-13/h6-8,17-18H,4-5,9-11H2,1-3H3. The van der Waals surface area contributed by atoms with Crippen molar-refractivity contribution in [2.45, 2.75) is 40.2 Å². The van der Waals surface area contributed by atoms with Crippen LogP contribution in [0.1, 0.15) is 37.8 Å². The van der Waals surface area contributed by atoms with E-state index < -0.39 is 0 Å². The van der Waals surface area contributed by atoms with Gasteiger partial charge in [-0.2, -0.15) is 0 Å². The van der Waals surface area contributed by atoms with Crippen LogP contribution in [0.25, 0.3) is 0 Å². The second-order valence-electron chi connectivity index (χ2n) is 5.05.